The monoisotopic (exact) mass is 453 g/mol. The zero-order chi connectivity index (χ0) is 23.6. The molecule has 33 heavy (non-hydrogen) atoms. The fourth-order valence-corrected chi connectivity index (χ4v) is 5.12. The Labute approximate surface area is 195 Å². The van der Waals surface area contributed by atoms with Gasteiger partial charge < -0.3 is 9.64 Å². The summed E-state index contributed by atoms with van der Waals surface area (Å²) >= 11 is 0. The number of amides is 2. The van der Waals surface area contributed by atoms with Gasteiger partial charge in [0.05, 0.1) is 24.0 Å². The molecule has 1 fully saturated rings. The van der Waals surface area contributed by atoms with E-state index in [9.17, 15) is 9.59 Å². The molecule has 2 aliphatic rings. The first kappa shape index (κ1) is 23.3. The van der Waals surface area contributed by atoms with Gasteiger partial charge in [-0.2, -0.15) is 9.89 Å². The van der Waals surface area contributed by atoms with Crippen molar-refractivity contribution in [2.45, 2.75) is 64.1 Å². The maximum Gasteiger partial charge on any atom is 0.411 e. The van der Waals surface area contributed by atoms with Crippen molar-refractivity contribution in [1.29, 1.82) is 0 Å². The number of ether oxygens (including phenoxy) is 1. The largest absolute Gasteiger partial charge is 0.444 e. The summed E-state index contributed by atoms with van der Waals surface area (Å²) in [6, 6.07) is 9.01. The van der Waals surface area contributed by atoms with E-state index in [2.05, 4.69) is 15.4 Å². The molecule has 8 nitrogen and oxygen atoms in total. The van der Waals surface area contributed by atoms with Crippen molar-refractivity contribution < 1.29 is 14.3 Å². The van der Waals surface area contributed by atoms with Gasteiger partial charge in [0.15, 0.2) is 0 Å². The van der Waals surface area contributed by atoms with Crippen LogP contribution in [0.2, 0.25) is 0 Å². The first-order chi connectivity index (χ1) is 15.8. The lowest BCUT2D eigenvalue weighted by Crippen LogP contribution is -2.46. The minimum atomic E-state index is -0.678. The van der Waals surface area contributed by atoms with Gasteiger partial charge in [-0.05, 0) is 58.8 Å². The molecule has 1 aliphatic carbocycles. The summed E-state index contributed by atoms with van der Waals surface area (Å²) in [5.74, 6) is 0.153. The van der Waals surface area contributed by atoms with Crippen LogP contribution in [-0.2, 0) is 16.8 Å². The van der Waals surface area contributed by atoms with Crippen molar-refractivity contribution in [3.05, 3.63) is 53.3 Å². The Balaban J connectivity index is 1.49. The number of carbonyl (C=O) groups is 2. The normalized spacial score (nSPS) is 18.8. The molecule has 0 saturated heterocycles. The van der Waals surface area contributed by atoms with E-state index in [0.29, 0.717) is 18.0 Å². The average molecular weight is 454 g/mol. The van der Waals surface area contributed by atoms with E-state index in [1.807, 2.05) is 46.1 Å². The number of nitrogens with one attached hydrogen (secondary N) is 1. The highest BCUT2D eigenvalue weighted by Gasteiger charge is 2.46. The molecule has 4 rings (SSSR count). The molecule has 1 aromatic carbocycles. The zero-order valence-electron chi connectivity index (χ0n) is 20.1. The van der Waals surface area contributed by atoms with Crippen LogP contribution in [0.15, 0.2) is 36.5 Å². The van der Waals surface area contributed by atoms with Crippen LogP contribution < -0.4 is 5.43 Å². The predicted octanol–water partition coefficient (Wildman–Crippen LogP) is 3.96. The molecule has 0 radical (unpaired) electrons. The zero-order valence-corrected chi connectivity index (χ0v) is 20.1. The minimum absolute atomic E-state index is 0.124. The van der Waals surface area contributed by atoms with Gasteiger partial charge in [-0.25, -0.2) is 10.2 Å². The van der Waals surface area contributed by atoms with Crippen LogP contribution >= 0.6 is 0 Å². The maximum absolute atomic E-state index is 13.4. The average Bonchev–Trinajstić information content (AvgIpc) is 3.32. The molecule has 1 N–H and O–H groups in total. The third-order valence-corrected chi connectivity index (χ3v) is 6.86. The molecule has 1 saturated carbocycles. The van der Waals surface area contributed by atoms with Crippen molar-refractivity contribution in [1.82, 2.24) is 19.7 Å². The van der Waals surface area contributed by atoms with Gasteiger partial charge in [-0.1, -0.05) is 37.5 Å². The second-order valence-electron chi connectivity index (χ2n) is 9.96. The lowest BCUT2D eigenvalue weighted by molar-refractivity contribution is -0.00427. The standard InChI is InChI=1S/C25H35N5O3/c1-25(2)22-20(15-26-30(22)27-23(31)19-13-9-6-10-14-19)16-29(25)24(32)33-21(17-28(3)4)18-11-7-5-8-12-18/h6,9-10,13-15,18,21H,5,7-8,11-12,16-17H2,1-4H3,(H,27,31)/t21-/m1/s1. The van der Waals surface area contributed by atoms with Gasteiger partial charge in [-0.15, -0.1) is 0 Å². The summed E-state index contributed by atoms with van der Waals surface area (Å²) < 4.78 is 6.14. The van der Waals surface area contributed by atoms with Crippen molar-refractivity contribution >= 4 is 12.0 Å². The van der Waals surface area contributed by atoms with Crippen molar-refractivity contribution in [3.63, 3.8) is 0 Å². The molecule has 8 heteroatoms. The smallest absolute Gasteiger partial charge is 0.411 e. The summed E-state index contributed by atoms with van der Waals surface area (Å²) in [5.41, 5.74) is 4.43. The highest BCUT2D eigenvalue weighted by atomic mass is 16.6. The number of likely N-dealkylation sites (N-methyl/N-ethyl adjacent to an activating group) is 1. The third-order valence-electron chi connectivity index (χ3n) is 6.86. The summed E-state index contributed by atoms with van der Waals surface area (Å²) in [5, 5.41) is 4.37. The second kappa shape index (κ2) is 9.55. The molecular formula is C25H35N5O3. The number of benzene rings is 1. The van der Waals surface area contributed by atoms with Gasteiger partial charge in [-0.3, -0.25) is 9.69 Å². The van der Waals surface area contributed by atoms with Crippen LogP contribution in [0.5, 0.6) is 0 Å². The molecule has 1 aromatic heterocycles. The molecule has 1 atom stereocenters. The van der Waals surface area contributed by atoms with Crippen LogP contribution in [0.25, 0.3) is 0 Å². The lowest BCUT2D eigenvalue weighted by Gasteiger charge is -2.36. The third kappa shape index (κ3) is 4.90. The molecule has 0 spiro atoms. The quantitative estimate of drug-likeness (QED) is 0.716. The van der Waals surface area contributed by atoms with Gasteiger partial charge in [0.1, 0.15) is 6.10 Å². The molecule has 2 amide bonds. The molecule has 1 aliphatic heterocycles. The van der Waals surface area contributed by atoms with Gasteiger partial charge in [0.25, 0.3) is 5.91 Å². The van der Waals surface area contributed by atoms with E-state index in [1.54, 1.807) is 23.2 Å². The summed E-state index contributed by atoms with van der Waals surface area (Å²) in [6.07, 6.45) is 7.16. The van der Waals surface area contributed by atoms with E-state index >= 15 is 0 Å². The Hall–Kier alpha value is -2.87. The van der Waals surface area contributed by atoms with Crippen LogP contribution in [0.4, 0.5) is 4.79 Å². The topological polar surface area (TPSA) is 79.7 Å². The number of nitrogens with zero attached hydrogens (tertiary/aromatic N) is 4. The summed E-state index contributed by atoms with van der Waals surface area (Å²) in [4.78, 5) is 31.4. The maximum atomic E-state index is 13.4. The lowest BCUT2D eigenvalue weighted by atomic mass is 9.85. The fourth-order valence-electron chi connectivity index (χ4n) is 5.12. The first-order valence-corrected chi connectivity index (χ1v) is 11.8. The Kier molecular flexibility index (Phi) is 6.74. The van der Waals surface area contributed by atoms with Gasteiger partial charge in [0.2, 0.25) is 0 Å². The number of fused-ring (bicyclic) bond motifs is 1. The molecule has 2 heterocycles. The molecule has 0 bridgehead atoms. The fraction of sp³-hybridized carbons (Fsp3) is 0.560. The van der Waals surface area contributed by atoms with Crippen LogP contribution in [0, 0.1) is 5.92 Å². The number of hydrogen-bond acceptors (Lipinski definition) is 5. The van der Waals surface area contributed by atoms with E-state index in [4.69, 9.17) is 4.74 Å². The van der Waals surface area contributed by atoms with E-state index in [0.717, 1.165) is 30.6 Å². The Bertz CT molecular complexity index is 979. The SMILES string of the molecule is CN(C)C[C@@H](OC(=O)N1Cc2cnn(NC(=O)c3ccccc3)c2C1(C)C)C1CCCCC1. The van der Waals surface area contributed by atoms with E-state index in [-0.39, 0.29) is 18.1 Å². The molecule has 0 unspecified atom stereocenters. The highest BCUT2D eigenvalue weighted by molar-refractivity contribution is 5.99. The van der Waals surface area contributed by atoms with E-state index in [1.165, 1.54) is 24.1 Å². The molecule has 178 valence electrons. The highest BCUT2D eigenvalue weighted by Crippen LogP contribution is 2.39. The Morgan fingerprint density at radius 2 is 1.88 bits per heavy atom. The van der Waals surface area contributed by atoms with Gasteiger partial charge in [0, 0.05) is 17.7 Å². The Morgan fingerprint density at radius 1 is 1.18 bits per heavy atom. The molecular weight excluding hydrogens is 418 g/mol. The van der Waals surface area contributed by atoms with Gasteiger partial charge >= 0.3 is 6.09 Å². The number of carbonyl (C=O) groups excluding carboxylic acids is 2. The van der Waals surface area contributed by atoms with Crippen molar-refractivity contribution in [2.75, 3.05) is 26.1 Å². The minimum Gasteiger partial charge on any atom is -0.444 e. The van der Waals surface area contributed by atoms with Crippen LogP contribution in [0.1, 0.15) is 67.6 Å². The number of hydrogen-bond donors (Lipinski definition) is 1. The second-order valence-corrected chi connectivity index (χ2v) is 9.96. The predicted molar refractivity (Wildman–Crippen MR) is 126 cm³/mol. The van der Waals surface area contributed by atoms with Crippen molar-refractivity contribution in [2.24, 2.45) is 5.92 Å². The number of rotatable bonds is 6. The summed E-state index contributed by atoms with van der Waals surface area (Å²) in [7, 11) is 4.03. The molecule has 2 aromatic rings. The Morgan fingerprint density at radius 3 is 2.55 bits per heavy atom. The van der Waals surface area contributed by atoms with Crippen molar-refractivity contribution in [3.8, 4) is 0 Å². The number of aromatic nitrogens is 2. The summed E-state index contributed by atoms with van der Waals surface area (Å²) in [6.45, 7) is 5.06. The van der Waals surface area contributed by atoms with Crippen LogP contribution in [0.3, 0.4) is 0 Å². The van der Waals surface area contributed by atoms with Crippen LogP contribution in [-0.4, -0.2) is 58.4 Å². The first-order valence-electron chi connectivity index (χ1n) is 11.8. The van der Waals surface area contributed by atoms with E-state index < -0.39 is 5.54 Å².